The number of nitrogens with one attached hydrogen (secondary N) is 2. The van der Waals surface area contributed by atoms with Gasteiger partial charge in [-0.25, -0.2) is 13.1 Å². The fourth-order valence-corrected chi connectivity index (χ4v) is 4.44. The molecule has 17 heavy (non-hydrogen) atoms. The highest BCUT2D eigenvalue weighted by atomic mass is 32.2. The molecule has 0 bridgehead atoms. The zero-order valence-corrected chi connectivity index (χ0v) is 11.3. The maximum absolute atomic E-state index is 11.9. The van der Waals surface area contributed by atoms with Crippen molar-refractivity contribution < 1.29 is 8.42 Å². The van der Waals surface area contributed by atoms with Gasteiger partial charge < -0.3 is 5.32 Å². The van der Waals surface area contributed by atoms with Gasteiger partial charge in [0.05, 0.1) is 5.75 Å². The topological polar surface area (TPSA) is 58.2 Å². The van der Waals surface area contributed by atoms with Crippen LogP contribution >= 0.6 is 0 Å². The second kappa shape index (κ2) is 6.16. The summed E-state index contributed by atoms with van der Waals surface area (Å²) in [5, 5.41) is 3.26. The Labute approximate surface area is 105 Å². The molecule has 0 radical (unpaired) electrons. The number of rotatable bonds is 5. The van der Waals surface area contributed by atoms with Crippen molar-refractivity contribution in [3.63, 3.8) is 0 Å². The first-order chi connectivity index (χ1) is 8.16. The molecule has 100 valence electrons. The van der Waals surface area contributed by atoms with E-state index in [0.717, 1.165) is 25.9 Å². The molecule has 1 heterocycles. The molecule has 2 fully saturated rings. The first-order valence-electron chi connectivity index (χ1n) is 6.84. The van der Waals surface area contributed by atoms with Crippen LogP contribution in [0.1, 0.15) is 38.5 Å². The van der Waals surface area contributed by atoms with Gasteiger partial charge in [0.25, 0.3) is 0 Å². The average molecular weight is 260 g/mol. The van der Waals surface area contributed by atoms with Gasteiger partial charge in [0.1, 0.15) is 0 Å². The zero-order chi connectivity index (χ0) is 12.1. The molecule has 0 unspecified atom stereocenters. The van der Waals surface area contributed by atoms with E-state index in [-0.39, 0.29) is 0 Å². The van der Waals surface area contributed by atoms with E-state index in [1.807, 2.05) is 0 Å². The van der Waals surface area contributed by atoms with Crippen LogP contribution in [0.2, 0.25) is 0 Å². The van der Waals surface area contributed by atoms with Crippen LogP contribution in [0.4, 0.5) is 0 Å². The predicted molar refractivity (Wildman–Crippen MR) is 69.3 cm³/mol. The molecule has 4 nitrogen and oxygen atoms in total. The normalized spacial score (nSPS) is 24.2. The standard InChI is InChI=1S/C12H24N2O2S/c15-17(16,10-12-5-7-13-8-6-12)14-9-11-3-1-2-4-11/h11-14H,1-10H2. The number of sulfonamides is 1. The molecule has 0 aromatic carbocycles. The van der Waals surface area contributed by atoms with Crippen molar-refractivity contribution in [2.45, 2.75) is 38.5 Å². The second-order valence-corrected chi connectivity index (χ2v) is 7.33. The highest BCUT2D eigenvalue weighted by molar-refractivity contribution is 7.89. The molecule has 1 aliphatic carbocycles. The number of hydrogen-bond donors (Lipinski definition) is 2. The van der Waals surface area contributed by atoms with Crippen molar-refractivity contribution in [1.29, 1.82) is 0 Å². The third kappa shape index (κ3) is 4.56. The molecule has 0 aromatic heterocycles. The molecule has 0 aromatic rings. The van der Waals surface area contributed by atoms with Crippen molar-refractivity contribution in [3.05, 3.63) is 0 Å². The van der Waals surface area contributed by atoms with E-state index >= 15 is 0 Å². The van der Waals surface area contributed by atoms with Gasteiger partial charge in [-0.05, 0) is 50.6 Å². The van der Waals surface area contributed by atoms with E-state index in [2.05, 4.69) is 10.0 Å². The lowest BCUT2D eigenvalue weighted by atomic mass is 10.0. The number of hydrogen-bond acceptors (Lipinski definition) is 3. The third-order valence-corrected chi connectivity index (χ3v) is 5.50. The zero-order valence-electron chi connectivity index (χ0n) is 10.5. The summed E-state index contributed by atoms with van der Waals surface area (Å²) < 4.78 is 26.6. The molecule has 2 aliphatic rings. The molecule has 0 atom stereocenters. The lowest BCUT2D eigenvalue weighted by molar-refractivity contribution is 0.399. The average Bonchev–Trinajstić information content (AvgIpc) is 2.80. The minimum absolute atomic E-state index is 0.321. The van der Waals surface area contributed by atoms with Crippen molar-refractivity contribution in [1.82, 2.24) is 10.0 Å². The van der Waals surface area contributed by atoms with E-state index in [1.165, 1.54) is 25.7 Å². The van der Waals surface area contributed by atoms with Gasteiger partial charge in [-0.15, -0.1) is 0 Å². The van der Waals surface area contributed by atoms with E-state index in [0.29, 0.717) is 24.1 Å². The smallest absolute Gasteiger partial charge is 0.211 e. The highest BCUT2D eigenvalue weighted by Gasteiger charge is 2.22. The first kappa shape index (κ1) is 13.3. The van der Waals surface area contributed by atoms with Gasteiger partial charge in [-0.1, -0.05) is 12.8 Å². The van der Waals surface area contributed by atoms with Crippen LogP contribution in [-0.4, -0.2) is 33.8 Å². The van der Waals surface area contributed by atoms with Gasteiger partial charge in [0.2, 0.25) is 10.0 Å². The van der Waals surface area contributed by atoms with Gasteiger partial charge in [-0.3, -0.25) is 0 Å². The summed E-state index contributed by atoms with van der Waals surface area (Å²) in [6.07, 6.45) is 6.89. The van der Waals surface area contributed by atoms with Crippen molar-refractivity contribution in [3.8, 4) is 0 Å². The summed E-state index contributed by atoms with van der Waals surface area (Å²) in [6, 6.07) is 0. The Morgan fingerprint density at radius 2 is 1.65 bits per heavy atom. The van der Waals surface area contributed by atoms with Crippen LogP contribution < -0.4 is 10.0 Å². The summed E-state index contributed by atoms with van der Waals surface area (Å²) in [5.41, 5.74) is 0. The Kier molecular flexibility index (Phi) is 4.82. The predicted octanol–water partition coefficient (Wildman–Crippen LogP) is 1.10. The van der Waals surface area contributed by atoms with Gasteiger partial charge in [0, 0.05) is 6.54 Å². The largest absolute Gasteiger partial charge is 0.317 e. The van der Waals surface area contributed by atoms with Gasteiger partial charge in [-0.2, -0.15) is 0 Å². The molecule has 1 saturated carbocycles. The fraction of sp³-hybridized carbons (Fsp3) is 1.00. The monoisotopic (exact) mass is 260 g/mol. The highest BCUT2D eigenvalue weighted by Crippen LogP contribution is 2.24. The summed E-state index contributed by atoms with van der Waals surface area (Å²) >= 11 is 0. The molecule has 2 rings (SSSR count). The molecule has 0 spiro atoms. The number of piperidine rings is 1. The molecular weight excluding hydrogens is 236 g/mol. The lowest BCUT2D eigenvalue weighted by Gasteiger charge is -2.22. The van der Waals surface area contributed by atoms with Crippen LogP contribution in [-0.2, 0) is 10.0 Å². The van der Waals surface area contributed by atoms with E-state index in [9.17, 15) is 8.42 Å². The maximum Gasteiger partial charge on any atom is 0.211 e. The van der Waals surface area contributed by atoms with E-state index in [4.69, 9.17) is 0 Å². The van der Waals surface area contributed by atoms with Crippen molar-refractivity contribution in [2.24, 2.45) is 11.8 Å². The molecule has 1 aliphatic heterocycles. The van der Waals surface area contributed by atoms with Gasteiger partial charge in [0.15, 0.2) is 0 Å². The molecule has 0 amide bonds. The second-order valence-electron chi connectivity index (χ2n) is 5.47. The Hall–Kier alpha value is -0.130. The Bertz CT molecular complexity index is 317. The summed E-state index contributed by atoms with van der Waals surface area (Å²) in [5.74, 6) is 1.25. The van der Waals surface area contributed by atoms with Crippen LogP contribution in [0.3, 0.4) is 0 Å². The van der Waals surface area contributed by atoms with Crippen LogP contribution in [0, 0.1) is 11.8 Å². The molecular formula is C12H24N2O2S. The summed E-state index contributed by atoms with van der Waals surface area (Å²) in [4.78, 5) is 0. The Balaban J connectivity index is 1.73. The van der Waals surface area contributed by atoms with Crippen molar-refractivity contribution >= 4 is 10.0 Å². The van der Waals surface area contributed by atoms with Crippen LogP contribution in [0.5, 0.6) is 0 Å². The maximum atomic E-state index is 11.9. The fourth-order valence-electron chi connectivity index (χ4n) is 2.88. The molecule has 1 saturated heterocycles. The lowest BCUT2D eigenvalue weighted by Crippen LogP contribution is -2.37. The molecule has 2 N–H and O–H groups in total. The summed E-state index contributed by atoms with van der Waals surface area (Å²) in [7, 11) is -3.05. The minimum atomic E-state index is -3.05. The van der Waals surface area contributed by atoms with E-state index < -0.39 is 10.0 Å². The van der Waals surface area contributed by atoms with Crippen LogP contribution in [0.25, 0.3) is 0 Å². The van der Waals surface area contributed by atoms with Crippen molar-refractivity contribution in [2.75, 3.05) is 25.4 Å². The van der Waals surface area contributed by atoms with Gasteiger partial charge >= 0.3 is 0 Å². The third-order valence-electron chi connectivity index (χ3n) is 3.98. The first-order valence-corrected chi connectivity index (χ1v) is 8.49. The Morgan fingerprint density at radius 1 is 1.00 bits per heavy atom. The summed E-state index contributed by atoms with van der Waals surface area (Å²) in [6.45, 7) is 2.58. The minimum Gasteiger partial charge on any atom is -0.317 e. The van der Waals surface area contributed by atoms with Crippen LogP contribution in [0.15, 0.2) is 0 Å². The quantitative estimate of drug-likeness (QED) is 0.778. The van der Waals surface area contributed by atoms with E-state index in [1.54, 1.807) is 0 Å². The Morgan fingerprint density at radius 3 is 2.29 bits per heavy atom. The SMILES string of the molecule is O=S(=O)(CC1CCNCC1)NCC1CCCC1. The molecule has 5 heteroatoms.